The lowest BCUT2D eigenvalue weighted by Gasteiger charge is -2.10. The van der Waals surface area contributed by atoms with Crippen LogP contribution in [0, 0.1) is 0 Å². The van der Waals surface area contributed by atoms with Crippen LogP contribution in [0.1, 0.15) is 12.5 Å². The van der Waals surface area contributed by atoms with Gasteiger partial charge < -0.3 is 10.1 Å². The number of hydrogen-bond donors (Lipinski definition) is 2. The molecule has 4 rings (SSSR count). The first-order chi connectivity index (χ1) is 13.9. The third-order valence-corrected chi connectivity index (χ3v) is 5.13. The van der Waals surface area contributed by atoms with Gasteiger partial charge in [0.25, 0.3) is 5.91 Å². The Morgan fingerprint density at radius 3 is 2.66 bits per heavy atom. The zero-order chi connectivity index (χ0) is 20.5. The summed E-state index contributed by atoms with van der Waals surface area (Å²) >= 11 is 11.8. The predicted octanol–water partition coefficient (Wildman–Crippen LogP) is 3.78. The first-order valence-corrected chi connectivity index (χ1v) is 9.37. The van der Waals surface area contributed by atoms with Crippen molar-refractivity contribution in [2.75, 3.05) is 17.7 Å². The molecule has 0 saturated heterocycles. The SMILES string of the molecule is COc1ccc(-c2nc3n(n2)[C@@H](CC(=O)Nc2ccc(Cl)c(Cl)c2)C(=O)N3)cc1. The molecule has 2 N–H and O–H groups in total. The van der Waals surface area contributed by atoms with Crippen LogP contribution in [-0.2, 0) is 9.59 Å². The average molecular weight is 432 g/mol. The number of rotatable bonds is 5. The van der Waals surface area contributed by atoms with E-state index in [-0.39, 0.29) is 18.2 Å². The zero-order valence-electron chi connectivity index (χ0n) is 15.1. The minimum absolute atomic E-state index is 0.107. The first kappa shape index (κ1) is 19.2. The van der Waals surface area contributed by atoms with Crippen molar-refractivity contribution in [1.29, 1.82) is 0 Å². The van der Waals surface area contributed by atoms with Crippen LogP contribution in [0.25, 0.3) is 11.4 Å². The van der Waals surface area contributed by atoms with Gasteiger partial charge in [-0.3, -0.25) is 14.9 Å². The van der Waals surface area contributed by atoms with E-state index in [2.05, 4.69) is 20.7 Å². The highest BCUT2D eigenvalue weighted by molar-refractivity contribution is 6.42. The number of amides is 2. The molecule has 1 aliphatic heterocycles. The van der Waals surface area contributed by atoms with E-state index < -0.39 is 6.04 Å². The number of carbonyl (C=O) groups is 2. The summed E-state index contributed by atoms with van der Waals surface area (Å²) < 4.78 is 6.57. The summed E-state index contributed by atoms with van der Waals surface area (Å²) in [6.45, 7) is 0. The van der Waals surface area contributed by atoms with Crippen LogP contribution in [0.15, 0.2) is 42.5 Å². The first-order valence-electron chi connectivity index (χ1n) is 8.61. The van der Waals surface area contributed by atoms with Crippen molar-refractivity contribution in [2.45, 2.75) is 12.5 Å². The topological polar surface area (TPSA) is 98.1 Å². The molecule has 3 aromatic rings. The number of ether oxygens (including phenoxy) is 1. The van der Waals surface area contributed by atoms with Crippen molar-refractivity contribution in [3.8, 4) is 17.1 Å². The monoisotopic (exact) mass is 431 g/mol. The van der Waals surface area contributed by atoms with E-state index in [0.717, 1.165) is 5.56 Å². The predicted molar refractivity (Wildman–Crippen MR) is 109 cm³/mol. The van der Waals surface area contributed by atoms with E-state index in [1.807, 2.05) is 12.1 Å². The van der Waals surface area contributed by atoms with Crippen molar-refractivity contribution in [3.05, 3.63) is 52.5 Å². The molecular weight excluding hydrogens is 417 g/mol. The lowest BCUT2D eigenvalue weighted by Crippen LogP contribution is -2.23. The van der Waals surface area contributed by atoms with Gasteiger partial charge in [-0.05, 0) is 42.5 Å². The molecule has 2 heterocycles. The van der Waals surface area contributed by atoms with Crippen molar-refractivity contribution in [3.63, 3.8) is 0 Å². The number of hydrogen-bond acceptors (Lipinski definition) is 5. The van der Waals surface area contributed by atoms with Crippen molar-refractivity contribution in [2.24, 2.45) is 0 Å². The third kappa shape index (κ3) is 3.90. The third-order valence-electron chi connectivity index (χ3n) is 4.39. The highest BCUT2D eigenvalue weighted by Gasteiger charge is 2.35. The van der Waals surface area contributed by atoms with Crippen LogP contribution < -0.4 is 15.4 Å². The summed E-state index contributed by atoms with van der Waals surface area (Å²) in [6.07, 6.45) is -0.107. The van der Waals surface area contributed by atoms with Crippen LogP contribution in [0.5, 0.6) is 5.75 Å². The Morgan fingerprint density at radius 1 is 1.21 bits per heavy atom. The van der Waals surface area contributed by atoms with Crippen molar-refractivity contribution >= 4 is 46.7 Å². The van der Waals surface area contributed by atoms with Gasteiger partial charge in [0.05, 0.1) is 23.6 Å². The molecule has 0 saturated carbocycles. The smallest absolute Gasteiger partial charge is 0.252 e. The highest BCUT2D eigenvalue weighted by Crippen LogP contribution is 2.30. The Morgan fingerprint density at radius 2 is 1.97 bits per heavy atom. The average Bonchev–Trinajstić information content (AvgIpc) is 3.23. The summed E-state index contributed by atoms with van der Waals surface area (Å²) in [6, 6.07) is 11.2. The van der Waals surface area contributed by atoms with Gasteiger partial charge >= 0.3 is 0 Å². The molecule has 0 bridgehead atoms. The molecule has 1 aliphatic rings. The van der Waals surface area contributed by atoms with Crippen LogP contribution in [-0.4, -0.2) is 33.7 Å². The molecule has 10 heteroatoms. The van der Waals surface area contributed by atoms with Crippen LogP contribution in [0.4, 0.5) is 11.6 Å². The molecule has 8 nitrogen and oxygen atoms in total. The lowest BCUT2D eigenvalue weighted by atomic mass is 10.2. The second-order valence-electron chi connectivity index (χ2n) is 6.32. The Balaban J connectivity index is 1.50. The summed E-state index contributed by atoms with van der Waals surface area (Å²) in [5.41, 5.74) is 1.25. The number of nitrogens with zero attached hydrogens (tertiary/aromatic N) is 3. The normalized spacial score (nSPS) is 15.0. The van der Waals surface area contributed by atoms with Gasteiger partial charge in [-0.2, -0.15) is 4.98 Å². The standard InChI is InChI=1S/C19H15Cl2N5O3/c1-29-12-5-2-10(3-6-12)17-23-19-24-18(28)15(26(19)25-17)9-16(27)22-11-4-7-13(20)14(21)8-11/h2-8,15H,9H2,1H3,(H,22,27)(H,23,24,25,28)/t15-/m0/s1. The molecule has 0 aliphatic carbocycles. The summed E-state index contributed by atoms with van der Waals surface area (Å²) in [7, 11) is 1.58. The minimum Gasteiger partial charge on any atom is -0.497 e. The summed E-state index contributed by atoms with van der Waals surface area (Å²) in [5, 5.41) is 10.5. The number of methoxy groups -OCH3 is 1. The maximum absolute atomic E-state index is 12.4. The number of halogens is 2. The second-order valence-corrected chi connectivity index (χ2v) is 7.13. The van der Waals surface area contributed by atoms with Crippen LogP contribution in [0.2, 0.25) is 10.0 Å². The summed E-state index contributed by atoms with van der Waals surface area (Å²) in [4.78, 5) is 29.0. The maximum atomic E-state index is 12.4. The van der Waals surface area contributed by atoms with Gasteiger partial charge in [-0.15, -0.1) is 5.10 Å². The van der Waals surface area contributed by atoms with Crippen molar-refractivity contribution in [1.82, 2.24) is 14.8 Å². The molecule has 0 fully saturated rings. The molecule has 2 amide bonds. The van der Waals surface area contributed by atoms with Gasteiger partial charge in [-0.1, -0.05) is 23.2 Å². The fraction of sp³-hybridized carbons (Fsp3) is 0.158. The number of carbonyl (C=O) groups excluding carboxylic acids is 2. The molecule has 0 spiro atoms. The molecule has 2 aromatic carbocycles. The lowest BCUT2D eigenvalue weighted by molar-refractivity contribution is -0.123. The molecule has 0 radical (unpaired) electrons. The molecular formula is C19H15Cl2N5O3. The number of nitrogens with one attached hydrogen (secondary N) is 2. The van der Waals surface area contributed by atoms with Crippen LogP contribution in [0.3, 0.4) is 0 Å². The fourth-order valence-electron chi connectivity index (χ4n) is 2.93. The Kier molecular flexibility index (Phi) is 5.12. The largest absolute Gasteiger partial charge is 0.497 e. The molecule has 29 heavy (non-hydrogen) atoms. The van der Waals surface area contributed by atoms with Gasteiger partial charge in [-0.25, -0.2) is 4.68 Å². The summed E-state index contributed by atoms with van der Waals surface area (Å²) in [5.74, 6) is 0.750. The van der Waals surface area contributed by atoms with Crippen LogP contribution >= 0.6 is 23.2 Å². The number of benzene rings is 2. The van der Waals surface area contributed by atoms with Gasteiger partial charge in [0.2, 0.25) is 11.9 Å². The van der Waals surface area contributed by atoms with E-state index in [1.54, 1.807) is 37.4 Å². The number of fused-ring (bicyclic) bond motifs is 1. The van der Waals surface area contributed by atoms with E-state index in [1.165, 1.54) is 4.68 Å². The highest BCUT2D eigenvalue weighted by atomic mass is 35.5. The van der Waals surface area contributed by atoms with E-state index in [4.69, 9.17) is 27.9 Å². The minimum atomic E-state index is -0.799. The molecule has 1 atom stereocenters. The van der Waals surface area contributed by atoms with Gasteiger partial charge in [0.1, 0.15) is 11.8 Å². The van der Waals surface area contributed by atoms with Gasteiger partial charge in [0.15, 0.2) is 5.82 Å². The Labute approximate surface area is 175 Å². The van der Waals surface area contributed by atoms with E-state index in [0.29, 0.717) is 33.3 Å². The van der Waals surface area contributed by atoms with E-state index in [9.17, 15) is 9.59 Å². The quantitative estimate of drug-likeness (QED) is 0.640. The molecule has 0 unspecified atom stereocenters. The molecule has 148 valence electrons. The Bertz CT molecular complexity index is 1100. The van der Waals surface area contributed by atoms with E-state index >= 15 is 0 Å². The van der Waals surface area contributed by atoms with Crippen molar-refractivity contribution < 1.29 is 14.3 Å². The second kappa shape index (κ2) is 7.73. The van der Waals surface area contributed by atoms with Gasteiger partial charge in [0, 0.05) is 11.3 Å². The fourth-order valence-corrected chi connectivity index (χ4v) is 3.23. The zero-order valence-corrected chi connectivity index (χ0v) is 16.7. The number of aromatic nitrogens is 3. The molecule has 1 aromatic heterocycles. The Hall–Kier alpha value is -3.10. The maximum Gasteiger partial charge on any atom is 0.252 e. The number of anilines is 2.